The molecule has 2 rings (SSSR count). The molecule has 0 aliphatic rings. The normalized spacial score (nSPS) is 11.2. The van der Waals surface area contributed by atoms with Crippen LogP contribution < -0.4 is 5.32 Å². The lowest BCUT2D eigenvalue weighted by Crippen LogP contribution is -2.28. The van der Waals surface area contributed by atoms with Gasteiger partial charge in [-0.1, -0.05) is 29.8 Å². The first-order valence-corrected chi connectivity index (χ1v) is 8.01. The summed E-state index contributed by atoms with van der Waals surface area (Å²) in [6.07, 6.45) is 0. The molecule has 0 saturated carbocycles. The molecular formula is C17H24N2S. The molecule has 0 spiro atoms. The van der Waals surface area contributed by atoms with Crippen LogP contribution in [0, 0.1) is 13.8 Å². The highest BCUT2D eigenvalue weighted by Gasteiger charge is 2.02. The maximum absolute atomic E-state index is 3.53. The topological polar surface area (TPSA) is 15.3 Å². The third kappa shape index (κ3) is 4.75. The Balaban J connectivity index is 1.68. The molecule has 108 valence electrons. The van der Waals surface area contributed by atoms with Gasteiger partial charge in [0.25, 0.3) is 0 Å². The van der Waals surface area contributed by atoms with Crippen LogP contribution >= 0.6 is 11.3 Å². The van der Waals surface area contributed by atoms with Crippen molar-refractivity contribution in [3.8, 4) is 0 Å². The highest BCUT2D eigenvalue weighted by atomic mass is 32.1. The van der Waals surface area contributed by atoms with Gasteiger partial charge in [0, 0.05) is 31.1 Å². The Bertz CT molecular complexity index is 533. The fourth-order valence-corrected chi connectivity index (χ4v) is 3.13. The van der Waals surface area contributed by atoms with E-state index in [-0.39, 0.29) is 0 Å². The molecule has 3 heteroatoms. The van der Waals surface area contributed by atoms with E-state index in [2.05, 4.69) is 66.8 Å². The van der Waals surface area contributed by atoms with Crippen LogP contribution in [-0.4, -0.2) is 25.0 Å². The number of rotatable bonds is 7. The zero-order valence-electron chi connectivity index (χ0n) is 12.6. The van der Waals surface area contributed by atoms with E-state index >= 15 is 0 Å². The molecule has 0 aliphatic heterocycles. The Kier molecular flexibility index (Phi) is 5.77. The first-order chi connectivity index (χ1) is 9.65. The monoisotopic (exact) mass is 288 g/mol. The molecule has 1 aromatic carbocycles. The van der Waals surface area contributed by atoms with Crippen molar-refractivity contribution in [3.63, 3.8) is 0 Å². The van der Waals surface area contributed by atoms with E-state index in [0.717, 1.165) is 26.2 Å². The second kappa shape index (κ2) is 7.58. The van der Waals surface area contributed by atoms with Gasteiger partial charge in [0.15, 0.2) is 0 Å². The predicted octanol–water partition coefficient (Wildman–Crippen LogP) is 3.59. The summed E-state index contributed by atoms with van der Waals surface area (Å²) in [6, 6.07) is 10.9. The average molecular weight is 288 g/mol. The number of aryl methyl sites for hydroxylation is 2. The second-order valence-electron chi connectivity index (χ2n) is 5.43. The van der Waals surface area contributed by atoms with Crippen LogP contribution in [0.15, 0.2) is 35.7 Å². The highest BCUT2D eigenvalue weighted by Crippen LogP contribution is 2.14. The number of nitrogens with one attached hydrogen (secondary N) is 1. The summed E-state index contributed by atoms with van der Waals surface area (Å²) in [7, 11) is 2.18. The first-order valence-electron chi connectivity index (χ1n) is 7.13. The molecule has 2 nitrogen and oxygen atoms in total. The average Bonchev–Trinajstić information content (AvgIpc) is 2.80. The van der Waals surface area contributed by atoms with Crippen LogP contribution in [0.25, 0.3) is 0 Å². The summed E-state index contributed by atoms with van der Waals surface area (Å²) in [5, 5.41) is 5.69. The van der Waals surface area contributed by atoms with Crippen molar-refractivity contribution < 1.29 is 0 Å². The number of hydrogen-bond donors (Lipinski definition) is 1. The maximum Gasteiger partial charge on any atom is 0.0302 e. The number of nitrogens with zero attached hydrogens (tertiary/aromatic N) is 1. The summed E-state index contributed by atoms with van der Waals surface area (Å²) in [4.78, 5) is 3.81. The van der Waals surface area contributed by atoms with Gasteiger partial charge in [-0.2, -0.15) is 0 Å². The summed E-state index contributed by atoms with van der Waals surface area (Å²) in [6.45, 7) is 8.42. The van der Waals surface area contributed by atoms with E-state index in [4.69, 9.17) is 0 Å². The Hall–Kier alpha value is -1.16. The largest absolute Gasteiger partial charge is 0.311 e. The Morgan fingerprint density at radius 2 is 2.05 bits per heavy atom. The number of thiophene rings is 1. The lowest BCUT2D eigenvalue weighted by Gasteiger charge is -2.17. The minimum Gasteiger partial charge on any atom is -0.311 e. The van der Waals surface area contributed by atoms with E-state index in [1.807, 2.05) is 11.3 Å². The van der Waals surface area contributed by atoms with Crippen molar-refractivity contribution in [3.05, 3.63) is 57.3 Å². The van der Waals surface area contributed by atoms with Gasteiger partial charge in [-0.25, -0.2) is 0 Å². The van der Waals surface area contributed by atoms with Crippen LogP contribution in [-0.2, 0) is 13.1 Å². The van der Waals surface area contributed by atoms with Crippen molar-refractivity contribution in [2.45, 2.75) is 26.9 Å². The number of likely N-dealkylation sites (N-methyl/N-ethyl adjacent to an activating group) is 1. The molecule has 1 N–H and O–H groups in total. The summed E-state index contributed by atoms with van der Waals surface area (Å²) >= 11 is 1.84. The minimum absolute atomic E-state index is 0.988. The predicted molar refractivity (Wildman–Crippen MR) is 88.3 cm³/mol. The molecule has 0 unspecified atom stereocenters. The van der Waals surface area contributed by atoms with Crippen LogP contribution in [0.2, 0.25) is 0 Å². The lowest BCUT2D eigenvalue weighted by molar-refractivity contribution is 0.324. The molecule has 0 bridgehead atoms. The fourth-order valence-electron chi connectivity index (χ4n) is 2.26. The number of hydrogen-bond acceptors (Lipinski definition) is 3. The van der Waals surface area contributed by atoms with Gasteiger partial charge in [0.2, 0.25) is 0 Å². The Labute approximate surface area is 126 Å². The summed E-state index contributed by atoms with van der Waals surface area (Å²) in [5.41, 5.74) is 4.12. The molecule has 0 amide bonds. The molecule has 0 atom stereocenters. The summed E-state index contributed by atoms with van der Waals surface area (Å²) < 4.78 is 0. The van der Waals surface area contributed by atoms with Crippen LogP contribution in [0.1, 0.15) is 21.6 Å². The van der Waals surface area contributed by atoms with Gasteiger partial charge in [-0.15, -0.1) is 11.3 Å². The Morgan fingerprint density at radius 1 is 1.20 bits per heavy atom. The Morgan fingerprint density at radius 3 is 2.75 bits per heavy atom. The van der Waals surface area contributed by atoms with Crippen LogP contribution in [0.5, 0.6) is 0 Å². The van der Waals surface area contributed by atoms with E-state index in [9.17, 15) is 0 Å². The molecule has 0 saturated heterocycles. The SMILES string of the molecule is Cc1cccc(CN(C)CCNCc2sccc2C)c1. The standard InChI is InChI=1S/C17H24N2S/c1-14-5-4-6-16(11-14)13-19(3)9-8-18-12-17-15(2)7-10-20-17/h4-7,10-11,18H,8-9,12-13H2,1-3H3. The van der Waals surface area contributed by atoms with Gasteiger partial charge >= 0.3 is 0 Å². The van der Waals surface area contributed by atoms with Crippen molar-refractivity contribution in [2.75, 3.05) is 20.1 Å². The molecule has 0 fully saturated rings. The summed E-state index contributed by atoms with van der Waals surface area (Å²) in [5.74, 6) is 0. The van der Waals surface area contributed by atoms with E-state index < -0.39 is 0 Å². The third-order valence-corrected chi connectivity index (χ3v) is 4.48. The van der Waals surface area contributed by atoms with Gasteiger partial charge in [0.1, 0.15) is 0 Å². The molecule has 1 heterocycles. The minimum atomic E-state index is 0.988. The van der Waals surface area contributed by atoms with E-state index in [1.165, 1.54) is 21.6 Å². The van der Waals surface area contributed by atoms with E-state index in [0.29, 0.717) is 0 Å². The molecular weight excluding hydrogens is 264 g/mol. The smallest absolute Gasteiger partial charge is 0.0302 e. The van der Waals surface area contributed by atoms with Gasteiger partial charge in [-0.3, -0.25) is 0 Å². The lowest BCUT2D eigenvalue weighted by atomic mass is 10.1. The van der Waals surface area contributed by atoms with Crippen LogP contribution in [0.3, 0.4) is 0 Å². The van der Waals surface area contributed by atoms with Gasteiger partial charge < -0.3 is 10.2 Å². The van der Waals surface area contributed by atoms with Crippen molar-refractivity contribution >= 4 is 11.3 Å². The fraction of sp³-hybridized carbons (Fsp3) is 0.412. The second-order valence-corrected chi connectivity index (χ2v) is 6.43. The highest BCUT2D eigenvalue weighted by molar-refractivity contribution is 7.10. The zero-order chi connectivity index (χ0) is 14.4. The number of benzene rings is 1. The van der Waals surface area contributed by atoms with Gasteiger partial charge in [-0.05, 0) is 43.5 Å². The maximum atomic E-state index is 3.53. The third-order valence-electron chi connectivity index (χ3n) is 3.46. The molecule has 1 aromatic heterocycles. The molecule has 2 aromatic rings. The van der Waals surface area contributed by atoms with Crippen molar-refractivity contribution in [2.24, 2.45) is 0 Å². The van der Waals surface area contributed by atoms with Gasteiger partial charge in [0.05, 0.1) is 0 Å². The molecule has 0 radical (unpaired) electrons. The van der Waals surface area contributed by atoms with E-state index in [1.54, 1.807) is 0 Å². The zero-order valence-corrected chi connectivity index (χ0v) is 13.5. The quantitative estimate of drug-likeness (QED) is 0.783. The molecule has 0 aliphatic carbocycles. The van der Waals surface area contributed by atoms with Crippen molar-refractivity contribution in [1.82, 2.24) is 10.2 Å². The molecule has 20 heavy (non-hydrogen) atoms. The first kappa shape index (κ1) is 15.2. The van der Waals surface area contributed by atoms with Crippen molar-refractivity contribution in [1.29, 1.82) is 0 Å². The van der Waals surface area contributed by atoms with Crippen LogP contribution in [0.4, 0.5) is 0 Å².